The Hall–Kier alpha value is -1.53. The molecule has 0 aliphatic heterocycles. The van der Waals surface area contributed by atoms with Gasteiger partial charge in [-0.05, 0) is 37.3 Å². The van der Waals surface area contributed by atoms with Gasteiger partial charge in [-0.3, -0.25) is 0 Å². The van der Waals surface area contributed by atoms with Crippen molar-refractivity contribution in [1.82, 2.24) is 0 Å². The van der Waals surface area contributed by atoms with Crippen LogP contribution in [-0.2, 0) is 6.42 Å². The number of hydrogen-bond donors (Lipinski definition) is 1. The number of para-hydroxylation sites is 1. The molecule has 2 atom stereocenters. The fourth-order valence-corrected chi connectivity index (χ4v) is 1.81. The van der Waals surface area contributed by atoms with Gasteiger partial charge in [-0.1, -0.05) is 32.0 Å². The Morgan fingerprint density at radius 2 is 2.06 bits per heavy atom. The summed E-state index contributed by atoms with van der Waals surface area (Å²) in [7, 11) is 0. The third kappa shape index (κ3) is 3.75. The standard InChI is InChI=1S/C15H22N2O/c1-4-13(17)9-12-8-6-7-11(3)15(12)18-14(5-2)10-16/h6-8,13-14H,4-5,9,17H2,1-3H3. The molecule has 0 spiro atoms. The molecule has 2 unspecified atom stereocenters. The molecule has 0 bridgehead atoms. The van der Waals surface area contributed by atoms with Crippen molar-refractivity contribution in [3.05, 3.63) is 29.3 Å². The largest absolute Gasteiger partial charge is 0.475 e. The van der Waals surface area contributed by atoms with E-state index >= 15 is 0 Å². The number of nitriles is 1. The monoisotopic (exact) mass is 246 g/mol. The molecule has 0 heterocycles. The molecule has 0 aliphatic rings. The van der Waals surface area contributed by atoms with Crippen LogP contribution >= 0.6 is 0 Å². The Bertz CT molecular complexity index is 423. The van der Waals surface area contributed by atoms with Crippen LogP contribution in [0.3, 0.4) is 0 Å². The lowest BCUT2D eigenvalue weighted by molar-refractivity contribution is 0.247. The SMILES string of the molecule is CCC(N)Cc1cccc(C)c1OC(C#N)CC. The van der Waals surface area contributed by atoms with Crippen LogP contribution in [0.1, 0.15) is 37.8 Å². The highest BCUT2D eigenvalue weighted by Gasteiger charge is 2.14. The van der Waals surface area contributed by atoms with Gasteiger partial charge in [0.2, 0.25) is 0 Å². The minimum absolute atomic E-state index is 0.135. The summed E-state index contributed by atoms with van der Waals surface area (Å²) in [6.45, 7) is 6.02. The second kappa shape index (κ2) is 7.03. The summed E-state index contributed by atoms with van der Waals surface area (Å²) in [5, 5.41) is 9.00. The molecule has 0 radical (unpaired) electrons. The van der Waals surface area contributed by atoms with Gasteiger partial charge in [0.15, 0.2) is 6.10 Å². The van der Waals surface area contributed by atoms with E-state index in [1.165, 1.54) is 0 Å². The molecule has 3 heteroatoms. The summed E-state index contributed by atoms with van der Waals surface area (Å²) in [6, 6.07) is 8.34. The van der Waals surface area contributed by atoms with Crippen molar-refractivity contribution in [2.24, 2.45) is 5.73 Å². The van der Waals surface area contributed by atoms with Crippen LogP contribution < -0.4 is 10.5 Å². The maximum atomic E-state index is 9.00. The summed E-state index contributed by atoms with van der Waals surface area (Å²) < 4.78 is 5.80. The molecule has 0 fully saturated rings. The maximum Gasteiger partial charge on any atom is 0.184 e. The first-order valence-corrected chi connectivity index (χ1v) is 6.52. The highest BCUT2D eigenvalue weighted by Crippen LogP contribution is 2.26. The van der Waals surface area contributed by atoms with Crippen molar-refractivity contribution >= 4 is 0 Å². The molecule has 1 aromatic carbocycles. The van der Waals surface area contributed by atoms with E-state index in [0.29, 0.717) is 6.42 Å². The van der Waals surface area contributed by atoms with E-state index in [0.717, 1.165) is 29.7 Å². The zero-order valence-corrected chi connectivity index (χ0v) is 11.4. The second-order valence-electron chi connectivity index (χ2n) is 4.58. The zero-order chi connectivity index (χ0) is 13.5. The van der Waals surface area contributed by atoms with Crippen LogP contribution in [0.5, 0.6) is 5.75 Å². The fraction of sp³-hybridized carbons (Fsp3) is 0.533. The molecule has 0 amide bonds. The lowest BCUT2D eigenvalue weighted by Gasteiger charge is -2.18. The van der Waals surface area contributed by atoms with Crippen LogP contribution in [0.4, 0.5) is 0 Å². The molecule has 0 saturated carbocycles. The Balaban J connectivity index is 2.97. The fourth-order valence-electron chi connectivity index (χ4n) is 1.81. The van der Waals surface area contributed by atoms with Gasteiger partial charge in [-0.15, -0.1) is 0 Å². The van der Waals surface area contributed by atoms with E-state index in [4.69, 9.17) is 15.7 Å². The van der Waals surface area contributed by atoms with Crippen molar-refractivity contribution in [3.8, 4) is 11.8 Å². The Morgan fingerprint density at radius 1 is 1.33 bits per heavy atom. The number of hydrogen-bond acceptors (Lipinski definition) is 3. The van der Waals surface area contributed by atoms with Crippen molar-refractivity contribution < 1.29 is 4.74 Å². The summed E-state index contributed by atoms with van der Waals surface area (Å²) >= 11 is 0. The minimum Gasteiger partial charge on any atom is -0.475 e. The first-order valence-electron chi connectivity index (χ1n) is 6.52. The van der Waals surface area contributed by atoms with Crippen LogP contribution in [0.2, 0.25) is 0 Å². The molecular formula is C15H22N2O. The van der Waals surface area contributed by atoms with Gasteiger partial charge < -0.3 is 10.5 Å². The number of nitrogens with zero attached hydrogens (tertiary/aromatic N) is 1. The van der Waals surface area contributed by atoms with E-state index in [1.807, 2.05) is 32.0 Å². The molecule has 18 heavy (non-hydrogen) atoms. The summed E-state index contributed by atoms with van der Waals surface area (Å²) in [6.07, 6.45) is 2.02. The van der Waals surface area contributed by atoms with Crippen molar-refractivity contribution in [2.75, 3.05) is 0 Å². The summed E-state index contributed by atoms with van der Waals surface area (Å²) in [4.78, 5) is 0. The maximum absolute atomic E-state index is 9.00. The molecule has 98 valence electrons. The van der Waals surface area contributed by atoms with Gasteiger partial charge >= 0.3 is 0 Å². The normalized spacial score (nSPS) is 13.7. The smallest absolute Gasteiger partial charge is 0.184 e. The Labute approximate surface area is 110 Å². The molecular weight excluding hydrogens is 224 g/mol. The predicted molar refractivity (Wildman–Crippen MR) is 73.5 cm³/mol. The lowest BCUT2D eigenvalue weighted by atomic mass is 10.0. The molecule has 2 N–H and O–H groups in total. The quantitative estimate of drug-likeness (QED) is 0.839. The predicted octanol–water partition coefficient (Wildman–Crippen LogP) is 2.96. The van der Waals surface area contributed by atoms with Crippen LogP contribution in [0.15, 0.2) is 18.2 Å². The first kappa shape index (κ1) is 14.5. The highest BCUT2D eigenvalue weighted by molar-refractivity contribution is 5.41. The van der Waals surface area contributed by atoms with Crippen molar-refractivity contribution in [3.63, 3.8) is 0 Å². The van der Waals surface area contributed by atoms with Gasteiger partial charge in [0.1, 0.15) is 11.8 Å². The second-order valence-corrected chi connectivity index (χ2v) is 4.58. The van der Waals surface area contributed by atoms with E-state index in [-0.39, 0.29) is 12.1 Å². The third-order valence-electron chi connectivity index (χ3n) is 3.07. The zero-order valence-electron chi connectivity index (χ0n) is 11.4. The van der Waals surface area contributed by atoms with E-state index in [1.54, 1.807) is 0 Å². The van der Waals surface area contributed by atoms with E-state index < -0.39 is 0 Å². The molecule has 0 saturated heterocycles. The topological polar surface area (TPSA) is 59.0 Å². The average Bonchev–Trinajstić information content (AvgIpc) is 2.38. The molecule has 0 aliphatic carbocycles. The van der Waals surface area contributed by atoms with Gasteiger partial charge in [0.25, 0.3) is 0 Å². The van der Waals surface area contributed by atoms with Gasteiger partial charge in [-0.2, -0.15) is 5.26 Å². The van der Waals surface area contributed by atoms with Crippen LogP contribution in [0.25, 0.3) is 0 Å². The third-order valence-corrected chi connectivity index (χ3v) is 3.07. The van der Waals surface area contributed by atoms with Gasteiger partial charge in [-0.25, -0.2) is 0 Å². The summed E-state index contributed by atoms with van der Waals surface area (Å²) in [5.74, 6) is 0.829. The highest BCUT2D eigenvalue weighted by atomic mass is 16.5. The first-order chi connectivity index (χ1) is 8.62. The van der Waals surface area contributed by atoms with Crippen LogP contribution in [-0.4, -0.2) is 12.1 Å². The van der Waals surface area contributed by atoms with Crippen LogP contribution in [0, 0.1) is 18.3 Å². The Kier molecular flexibility index (Phi) is 5.67. The molecule has 3 nitrogen and oxygen atoms in total. The Morgan fingerprint density at radius 3 is 2.61 bits per heavy atom. The average molecular weight is 246 g/mol. The number of ether oxygens (including phenoxy) is 1. The number of nitrogens with two attached hydrogens (primary N) is 1. The number of aryl methyl sites for hydroxylation is 1. The number of benzene rings is 1. The molecule has 1 aromatic rings. The van der Waals surface area contributed by atoms with E-state index in [9.17, 15) is 0 Å². The van der Waals surface area contributed by atoms with Crippen molar-refractivity contribution in [1.29, 1.82) is 5.26 Å². The number of rotatable bonds is 6. The molecule has 0 aromatic heterocycles. The summed E-state index contributed by atoms with van der Waals surface area (Å²) in [5.41, 5.74) is 8.15. The van der Waals surface area contributed by atoms with E-state index in [2.05, 4.69) is 13.0 Å². The lowest BCUT2D eigenvalue weighted by Crippen LogP contribution is -2.22. The van der Waals surface area contributed by atoms with Gasteiger partial charge in [0, 0.05) is 6.04 Å². The van der Waals surface area contributed by atoms with Gasteiger partial charge in [0.05, 0.1) is 0 Å². The molecule has 1 rings (SSSR count). The minimum atomic E-state index is -0.386. The van der Waals surface area contributed by atoms with Crippen molar-refractivity contribution in [2.45, 2.75) is 52.2 Å².